The van der Waals surface area contributed by atoms with Gasteiger partial charge in [-0.1, -0.05) is 42.5 Å². The van der Waals surface area contributed by atoms with E-state index in [1.54, 1.807) is 12.1 Å². The molecule has 3 N–H and O–H groups in total. The van der Waals surface area contributed by atoms with E-state index < -0.39 is 12.0 Å². The lowest BCUT2D eigenvalue weighted by Gasteiger charge is -2.26. The van der Waals surface area contributed by atoms with Crippen LogP contribution in [0.3, 0.4) is 0 Å². The van der Waals surface area contributed by atoms with Gasteiger partial charge in [0.15, 0.2) is 0 Å². The summed E-state index contributed by atoms with van der Waals surface area (Å²) in [7, 11) is 0. The Labute approximate surface area is 154 Å². The van der Waals surface area contributed by atoms with E-state index in [1.165, 1.54) is 0 Å². The van der Waals surface area contributed by atoms with Crippen LogP contribution < -0.4 is 5.32 Å². The number of phenols is 1. The fraction of sp³-hybridized carbons (Fsp3) is 0.0476. The smallest absolute Gasteiger partial charge is 0.352 e. The maximum Gasteiger partial charge on any atom is 0.352 e. The molecule has 1 aromatic heterocycles. The average Bonchev–Trinajstić information content (AvgIpc) is 3.06. The SMILES string of the molecule is O=C(O)C1=C[C@H](c2c(O)ccc3ccccc23)n2c(nc3ccccc32)N1. The molecule has 4 aromatic rings. The second-order valence-electron chi connectivity index (χ2n) is 6.47. The molecule has 27 heavy (non-hydrogen) atoms. The second kappa shape index (κ2) is 5.60. The maximum atomic E-state index is 11.7. The number of imidazole rings is 1. The van der Waals surface area contributed by atoms with Gasteiger partial charge in [0.05, 0.1) is 17.1 Å². The van der Waals surface area contributed by atoms with Crippen molar-refractivity contribution < 1.29 is 15.0 Å². The minimum atomic E-state index is -1.07. The van der Waals surface area contributed by atoms with Crippen LogP contribution in [0, 0.1) is 0 Å². The zero-order valence-electron chi connectivity index (χ0n) is 14.1. The highest BCUT2D eigenvalue weighted by atomic mass is 16.4. The standard InChI is InChI=1S/C21H15N3O3/c25-18-10-9-12-5-1-2-6-13(12)19(18)17-11-15(20(26)27)23-21-22-14-7-3-4-8-16(14)24(17)21/h1-11,17,25H,(H,22,23)(H,26,27)/t17-/m1/s1. The van der Waals surface area contributed by atoms with Crippen LogP contribution in [-0.4, -0.2) is 25.7 Å². The first kappa shape index (κ1) is 15.5. The number of carboxylic acid groups (broad SMARTS) is 1. The van der Waals surface area contributed by atoms with E-state index in [0.29, 0.717) is 11.5 Å². The number of aliphatic carboxylic acids is 1. The molecule has 5 rings (SSSR count). The molecule has 0 fully saturated rings. The highest BCUT2D eigenvalue weighted by Crippen LogP contribution is 2.41. The predicted molar refractivity (Wildman–Crippen MR) is 103 cm³/mol. The van der Waals surface area contributed by atoms with Crippen LogP contribution in [0.15, 0.2) is 72.4 Å². The minimum absolute atomic E-state index is 0.0372. The van der Waals surface area contributed by atoms with E-state index in [2.05, 4.69) is 10.3 Å². The Balaban J connectivity index is 1.87. The number of hydrogen-bond donors (Lipinski definition) is 3. The topological polar surface area (TPSA) is 87.4 Å². The van der Waals surface area contributed by atoms with Gasteiger partial charge in [-0.2, -0.15) is 0 Å². The van der Waals surface area contributed by atoms with Gasteiger partial charge in [-0.05, 0) is 35.0 Å². The van der Waals surface area contributed by atoms with Gasteiger partial charge in [-0.3, -0.25) is 4.57 Å². The number of para-hydroxylation sites is 2. The highest BCUT2D eigenvalue weighted by molar-refractivity contribution is 5.94. The Morgan fingerprint density at radius 1 is 1.04 bits per heavy atom. The van der Waals surface area contributed by atoms with Gasteiger partial charge in [0.2, 0.25) is 5.95 Å². The number of hydrogen-bond acceptors (Lipinski definition) is 4. The molecule has 0 bridgehead atoms. The lowest BCUT2D eigenvalue weighted by Crippen LogP contribution is -2.23. The van der Waals surface area contributed by atoms with Crippen molar-refractivity contribution in [1.82, 2.24) is 9.55 Å². The van der Waals surface area contributed by atoms with Gasteiger partial charge in [0.1, 0.15) is 11.4 Å². The summed E-state index contributed by atoms with van der Waals surface area (Å²) in [6.45, 7) is 0. The molecule has 6 nitrogen and oxygen atoms in total. The van der Waals surface area contributed by atoms with Gasteiger partial charge in [0, 0.05) is 5.56 Å². The minimum Gasteiger partial charge on any atom is -0.508 e. The largest absolute Gasteiger partial charge is 0.508 e. The predicted octanol–water partition coefficient (Wildman–Crippen LogP) is 3.88. The molecule has 0 saturated heterocycles. The number of rotatable bonds is 2. The summed E-state index contributed by atoms with van der Waals surface area (Å²) in [6, 6.07) is 18.3. The molecule has 0 radical (unpaired) electrons. The van der Waals surface area contributed by atoms with Gasteiger partial charge in [0.25, 0.3) is 0 Å². The van der Waals surface area contributed by atoms with Gasteiger partial charge in [-0.15, -0.1) is 0 Å². The van der Waals surface area contributed by atoms with Crippen LogP contribution >= 0.6 is 0 Å². The molecule has 1 atom stereocenters. The van der Waals surface area contributed by atoms with Crippen molar-refractivity contribution in [1.29, 1.82) is 0 Å². The number of nitrogens with one attached hydrogen (secondary N) is 1. The number of fused-ring (bicyclic) bond motifs is 4. The fourth-order valence-electron chi connectivity index (χ4n) is 3.74. The summed E-state index contributed by atoms with van der Waals surface area (Å²) in [5.41, 5.74) is 2.30. The maximum absolute atomic E-state index is 11.7. The summed E-state index contributed by atoms with van der Waals surface area (Å²) in [6.07, 6.45) is 1.62. The average molecular weight is 357 g/mol. The number of carboxylic acids is 1. The van der Waals surface area contributed by atoms with E-state index in [1.807, 2.05) is 59.2 Å². The summed E-state index contributed by atoms with van der Waals surface area (Å²) in [4.78, 5) is 16.2. The highest BCUT2D eigenvalue weighted by Gasteiger charge is 2.29. The normalized spacial score (nSPS) is 16.0. The molecule has 2 heterocycles. The monoisotopic (exact) mass is 357 g/mol. The van der Waals surface area contributed by atoms with E-state index in [0.717, 1.165) is 21.8 Å². The zero-order valence-corrected chi connectivity index (χ0v) is 14.1. The molecule has 0 saturated carbocycles. The molecule has 1 aliphatic rings. The molecule has 0 spiro atoms. The molecule has 0 unspecified atom stereocenters. The first-order valence-electron chi connectivity index (χ1n) is 8.53. The molecule has 6 heteroatoms. The summed E-state index contributed by atoms with van der Waals surface area (Å²) >= 11 is 0. The Bertz CT molecular complexity index is 1260. The Morgan fingerprint density at radius 2 is 1.81 bits per heavy atom. The van der Waals surface area contributed by atoms with Gasteiger partial charge >= 0.3 is 5.97 Å². The molecular formula is C21H15N3O3. The number of anilines is 1. The quantitative estimate of drug-likeness (QED) is 0.507. The third kappa shape index (κ3) is 2.27. The number of allylic oxidation sites excluding steroid dienone is 1. The third-order valence-corrected chi connectivity index (χ3v) is 4.92. The van der Waals surface area contributed by atoms with Crippen LogP contribution in [0.25, 0.3) is 21.8 Å². The summed E-state index contributed by atoms with van der Waals surface area (Å²) < 4.78 is 1.92. The van der Waals surface area contributed by atoms with Crippen LogP contribution in [0.5, 0.6) is 5.75 Å². The van der Waals surface area contributed by atoms with Crippen molar-refractivity contribution in [2.24, 2.45) is 0 Å². The number of aromatic nitrogens is 2. The van der Waals surface area contributed by atoms with E-state index in [4.69, 9.17) is 0 Å². The van der Waals surface area contributed by atoms with Gasteiger partial charge < -0.3 is 15.5 Å². The third-order valence-electron chi connectivity index (χ3n) is 4.92. The van der Waals surface area contributed by atoms with E-state index in [-0.39, 0.29) is 11.4 Å². The Morgan fingerprint density at radius 3 is 2.67 bits per heavy atom. The number of nitrogens with zero attached hydrogens (tertiary/aromatic N) is 2. The zero-order chi connectivity index (χ0) is 18.5. The summed E-state index contributed by atoms with van der Waals surface area (Å²) in [5, 5.41) is 25.0. The molecule has 3 aromatic carbocycles. The number of aromatic hydroxyl groups is 1. The second-order valence-corrected chi connectivity index (χ2v) is 6.47. The van der Waals surface area contributed by atoms with Crippen molar-refractivity contribution in [2.45, 2.75) is 6.04 Å². The van der Waals surface area contributed by atoms with Crippen molar-refractivity contribution in [3.63, 3.8) is 0 Å². The van der Waals surface area contributed by atoms with Crippen molar-refractivity contribution in [2.75, 3.05) is 5.32 Å². The van der Waals surface area contributed by atoms with Gasteiger partial charge in [-0.25, -0.2) is 9.78 Å². The number of benzene rings is 3. The molecule has 132 valence electrons. The summed E-state index contributed by atoms with van der Waals surface area (Å²) in [5.74, 6) is -0.517. The lowest BCUT2D eigenvalue weighted by molar-refractivity contribution is -0.132. The van der Waals surface area contributed by atoms with E-state index >= 15 is 0 Å². The molecule has 1 aliphatic heterocycles. The molecular weight excluding hydrogens is 342 g/mol. The molecule has 0 amide bonds. The number of phenolic OH excluding ortho intramolecular Hbond substituents is 1. The fourth-order valence-corrected chi connectivity index (χ4v) is 3.74. The van der Waals surface area contributed by atoms with Crippen LogP contribution in [0.1, 0.15) is 11.6 Å². The van der Waals surface area contributed by atoms with Crippen LogP contribution in [-0.2, 0) is 4.79 Å². The Kier molecular flexibility index (Phi) is 3.21. The van der Waals surface area contributed by atoms with Crippen molar-refractivity contribution in [3.8, 4) is 5.75 Å². The number of carbonyl (C=O) groups is 1. The van der Waals surface area contributed by atoms with Crippen molar-refractivity contribution >= 4 is 33.7 Å². The molecule has 0 aliphatic carbocycles. The van der Waals surface area contributed by atoms with Crippen molar-refractivity contribution in [3.05, 3.63) is 78.0 Å². The Hall–Kier alpha value is -3.80. The first-order chi connectivity index (χ1) is 13.1. The van der Waals surface area contributed by atoms with Crippen LogP contribution in [0.4, 0.5) is 5.95 Å². The van der Waals surface area contributed by atoms with Crippen LogP contribution in [0.2, 0.25) is 0 Å². The first-order valence-corrected chi connectivity index (χ1v) is 8.53. The lowest BCUT2D eigenvalue weighted by atomic mass is 9.95. The van der Waals surface area contributed by atoms with E-state index in [9.17, 15) is 15.0 Å².